The van der Waals surface area contributed by atoms with E-state index in [0.717, 1.165) is 39.7 Å². The van der Waals surface area contributed by atoms with Crippen molar-refractivity contribution in [3.8, 4) is 0 Å². The number of benzene rings is 2. The zero-order valence-electron chi connectivity index (χ0n) is 19.4. The molecule has 1 aliphatic rings. The Balaban J connectivity index is 1.28. The van der Waals surface area contributed by atoms with Gasteiger partial charge in [0, 0.05) is 0 Å². The van der Waals surface area contributed by atoms with Crippen molar-refractivity contribution in [2.75, 3.05) is 30.9 Å². The van der Waals surface area contributed by atoms with E-state index in [2.05, 4.69) is 27.7 Å². The molecule has 0 spiro atoms. The van der Waals surface area contributed by atoms with Crippen LogP contribution < -0.4 is 20.1 Å². The Morgan fingerprint density at radius 1 is 1.09 bits per heavy atom. The van der Waals surface area contributed by atoms with Gasteiger partial charge in [-0.1, -0.05) is 0 Å². The summed E-state index contributed by atoms with van der Waals surface area (Å²) >= 11 is 5.80. The van der Waals surface area contributed by atoms with Crippen LogP contribution >= 0.6 is 11.6 Å². The van der Waals surface area contributed by atoms with Gasteiger partial charge in [0.05, 0.1) is 0 Å². The molecular formula is C25H31AsClN5O. The normalized spacial score (nSPS) is 18.5. The molecule has 2 aromatic carbocycles. The summed E-state index contributed by atoms with van der Waals surface area (Å²) in [5.41, 5.74) is 2.67. The first-order valence-electron chi connectivity index (χ1n) is 11.4. The summed E-state index contributed by atoms with van der Waals surface area (Å²) in [5, 5.41) is 7.59. The van der Waals surface area contributed by atoms with Crippen molar-refractivity contribution >= 4 is 60.4 Å². The van der Waals surface area contributed by atoms with Crippen molar-refractivity contribution in [2.24, 2.45) is 5.92 Å². The maximum absolute atomic E-state index is 12.4. The molecule has 0 radical (unpaired) electrons. The Labute approximate surface area is 207 Å². The average Bonchev–Trinajstić information content (AvgIpc) is 2.80. The molecule has 1 aliphatic carbocycles. The molecule has 6 nitrogen and oxygen atoms in total. The summed E-state index contributed by atoms with van der Waals surface area (Å²) in [7, 11) is 4.08. The molecule has 1 unspecified atom stereocenters. The predicted octanol–water partition coefficient (Wildman–Crippen LogP) is 4.52. The van der Waals surface area contributed by atoms with Crippen LogP contribution in [0.5, 0.6) is 0 Å². The number of amides is 2. The summed E-state index contributed by atoms with van der Waals surface area (Å²) in [6, 6.07) is 13.7. The standard InChI is InChI=1S/C25H31AsClN5O/c1-16-7-6-9-20(27)22(16)30-25(33)28-15-17-11-13-18(14-12-17)26-24-29-21-10-5-4-8-19(21)23(31-24)32(2)3/h4-10,17-18,26H,11-15H2,1-3H3,(H2,28,30,33)/t17-,18+. The monoisotopic (exact) mass is 527 g/mol. The van der Waals surface area contributed by atoms with Gasteiger partial charge < -0.3 is 0 Å². The van der Waals surface area contributed by atoms with Gasteiger partial charge in [0.15, 0.2) is 0 Å². The Morgan fingerprint density at radius 2 is 1.85 bits per heavy atom. The average molecular weight is 528 g/mol. The van der Waals surface area contributed by atoms with Crippen LogP contribution in [0.4, 0.5) is 16.3 Å². The Bertz CT molecular complexity index is 1110. The van der Waals surface area contributed by atoms with Crippen molar-refractivity contribution < 1.29 is 4.79 Å². The Hall–Kier alpha value is -2.30. The zero-order chi connectivity index (χ0) is 23.4. The Morgan fingerprint density at radius 3 is 2.58 bits per heavy atom. The summed E-state index contributed by atoms with van der Waals surface area (Å²) in [6.07, 6.45) is 4.64. The van der Waals surface area contributed by atoms with Gasteiger partial charge in [-0.05, 0) is 0 Å². The van der Waals surface area contributed by atoms with Crippen LogP contribution in [0, 0.1) is 12.8 Å². The molecule has 0 aliphatic heterocycles. The number of urea groups is 1. The van der Waals surface area contributed by atoms with Gasteiger partial charge in [-0.15, -0.1) is 0 Å². The predicted molar refractivity (Wildman–Crippen MR) is 140 cm³/mol. The molecule has 174 valence electrons. The number of fused-ring (bicyclic) bond motifs is 1. The first-order chi connectivity index (χ1) is 15.9. The van der Waals surface area contributed by atoms with Crippen LogP contribution in [-0.4, -0.2) is 52.4 Å². The van der Waals surface area contributed by atoms with Crippen molar-refractivity contribution in [3.63, 3.8) is 0 Å². The molecule has 1 fully saturated rings. The molecule has 8 heteroatoms. The number of carbonyl (C=O) groups excluding carboxylic acids is 1. The van der Waals surface area contributed by atoms with Crippen LogP contribution in [0.25, 0.3) is 10.9 Å². The fourth-order valence-corrected chi connectivity index (χ4v) is 7.43. The van der Waals surface area contributed by atoms with E-state index >= 15 is 0 Å². The van der Waals surface area contributed by atoms with Gasteiger partial charge in [-0.2, -0.15) is 0 Å². The molecule has 1 saturated carbocycles. The minimum absolute atomic E-state index is 0.192. The third kappa shape index (κ3) is 5.99. The number of aromatic nitrogens is 2. The van der Waals surface area contributed by atoms with E-state index in [1.165, 1.54) is 12.8 Å². The van der Waals surface area contributed by atoms with E-state index in [0.29, 0.717) is 27.9 Å². The quantitative estimate of drug-likeness (QED) is 0.463. The van der Waals surface area contributed by atoms with E-state index in [9.17, 15) is 4.79 Å². The molecule has 33 heavy (non-hydrogen) atoms. The van der Waals surface area contributed by atoms with Gasteiger partial charge in [-0.25, -0.2) is 0 Å². The fraction of sp³-hybridized carbons (Fsp3) is 0.400. The number of para-hydroxylation sites is 2. The van der Waals surface area contributed by atoms with Crippen LogP contribution in [0.15, 0.2) is 42.5 Å². The van der Waals surface area contributed by atoms with Gasteiger partial charge in [0.25, 0.3) is 0 Å². The van der Waals surface area contributed by atoms with Crippen LogP contribution in [0.1, 0.15) is 31.2 Å². The Kier molecular flexibility index (Phi) is 7.77. The SMILES string of the molecule is Cc1cccc(Cl)c1NC(=O)NC[C@H]1CC[C@@H]([AsH]c2nc(N(C)C)c3ccccc3n2)CC1. The zero-order valence-corrected chi connectivity index (χ0v) is 22.2. The van der Waals surface area contributed by atoms with Crippen molar-refractivity contribution in [1.29, 1.82) is 0 Å². The number of halogens is 1. The summed E-state index contributed by atoms with van der Waals surface area (Å²) in [6.45, 7) is 2.63. The van der Waals surface area contributed by atoms with Crippen molar-refractivity contribution in [3.05, 3.63) is 53.1 Å². The molecule has 4 rings (SSSR count). The number of anilines is 2. The van der Waals surface area contributed by atoms with Gasteiger partial charge in [0.1, 0.15) is 0 Å². The number of carbonyl (C=O) groups is 1. The van der Waals surface area contributed by atoms with Crippen molar-refractivity contribution in [2.45, 2.75) is 37.3 Å². The molecule has 1 aromatic heterocycles. The number of rotatable bonds is 6. The number of nitrogens with one attached hydrogen (secondary N) is 2. The van der Waals surface area contributed by atoms with Crippen LogP contribution in [-0.2, 0) is 0 Å². The third-order valence-corrected chi connectivity index (χ3v) is 9.59. The van der Waals surface area contributed by atoms with E-state index in [-0.39, 0.29) is 6.03 Å². The van der Waals surface area contributed by atoms with Gasteiger partial charge in [0.2, 0.25) is 0 Å². The van der Waals surface area contributed by atoms with Gasteiger partial charge >= 0.3 is 208 Å². The third-order valence-electron chi connectivity index (χ3n) is 6.20. The van der Waals surface area contributed by atoms with Crippen molar-refractivity contribution in [1.82, 2.24) is 15.3 Å². The summed E-state index contributed by atoms with van der Waals surface area (Å²) in [4.78, 5) is 24.3. The van der Waals surface area contributed by atoms with Crippen LogP contribution in [0.3, 0.4) is 0 Å². The summed E-state index contributed by atoms with van der Waals surface area (Å²) in [5.74, 6) is 1.53. The first-order valence-corrected chi connectivity index (χ1v) is 14.0. The van der Waals surface area contributed by atoms with E-state index in [4.69, 9.17) is 21.6 Å². The maximum atomic E-state index is 12.4. The number of hydrogen-bond acceptors (Lipinski definition) is 4. The number of hydrogen-bond donors (Lipinski definition) is 2. The second-order valence-electron chi connectivity index (χ2n) is 8.91. The molecule has 1 atom stereocenters. The van der Waals surface area contributed by atoms with E-state index < -0.39 is 15.8 Å². The molecular weight excluding hydrogens is 497 g/mol. The van der Waals surface area contributed by atoms with Crippen LogP contribution in [0.2, 0.25) is 9.73 Å². The second-order valence-corrected chi connectivity index (χ2v) is 12.6. The molecule has 0 saturated heterocycles. The number of nitrogens with zero attached hydrogens (tertiary/aromatic N) is 3. The number of aryl methyl sites for hydroxylation is 1. The van der Waals surface area contributed by atoms with E-state index in [1.54, 1.807) is 6.07 Å². The second kappa shape index (κ2) is 10.8. The molecule has 2 amide bonds. The summed E-state index contributed by atoms with van der Waals surface area (Å²) < 4.78 is 1.76. The van der Waals surface area contributed by atoms with Gasteiger partial charge in [-0.3, -0.25) is 0 Å². The fourth-order valence-electron chi connectivity index (χ4n) is 4.34. The minimum atomic E-state index is -0.416. The first kappa shape index (κ1) is 23.8. The molecule has 1 heterocycles. The topological polar surface area (TPSA) is 70.2 Å². The molecule has 2 N–H and O–H groups in total. The molecule has 0 bridgehead atoms. The molecule has 3 aromatic rings. The van der Waals surface area contributed by atoms with E-state index in [1.807, 2.05) is 45.3 Å².